The molecular formula is C24H19Cl2N5O. The lowest BCUT2D eigenvalue weighted by atomic mass is 10.1. The van der Waals surface area contributed by atoms with Crippen molar-refractivity contribution in [2.24, 2.45) is 0 Å². The van der Waals surface area contributed by atoms with E-state index in [-0.39, 0.29) is 5.91 Å². The number of para-hydroxylation sites is 1. The van der Waals surface area contributed by atoms with Crippen molar-refractivity contribution in [3.63, 3.8) is 0 Å². The van der Waals surface area contributed by atoms with Crippen LogP contribution in [0.5, 0.6) is 0 Å². The van der Waals surface area contributed by atoms with Crippen LogP contribution < -0.4 is 4.90 Å². The molecular weight excluding hydrogens is 445 g/mol. The number of anilines is 1. The van der Waals surface area contributed by atoms with E-state index in [1.807, 2.05) is 53.4 Å². The number of amides is 1. The third kappa shape index (κ3) is 4.11. The van der Waals surface area contributed by atoms with Gasteiger partial charge in [-0.05, 0) is 42.5 Å². The number of aromatic nitrogens is 3. The van der Waals surface area contributed by atoms with Crippen molar-refractivity contribution in [2.45, 2.75) is 0 Å². The highest BCUT2D eigenvalue weighted by atomic mass is 35.5. The maximum Gasteiger partial charge on any atom is 0.272 e. The van der Waals surface area contributed by atoms with Crippen LogP contribution in [0.25, 0.3) is 22.2 Å². The Balaban J connectivity index is 1.25. The first-order chi connectivity index (χ1) is 15.6. The fraction of sp³-hybridized carbons (Fsp3) is 0.167. The summed E-state index contributed by atoms with van der Waals surface area (Å²) in [5.41, 5.74) is 2.77. The van der Waals surface area contributed by atoms with Crippen LogP contribution in [0.2, 0.25) is 10.0 Å². The molecule has 0 N–H and O–H groups in total. The smallest absolute Gasteiger partial charge is 0.272 e. The lowest BCUT2D eigenvalue weighted by Crippen LogP contribution is -2.49. The van der Waals surface area contributed by atoms with Crippen molar-refractivity contribution in [3.05, 3.63) is 82.5 Å². The normalized spacial score (nSPS) is 14.1. The second kappa shape index (κ2) is 8.73. The van der Waals surface area contributed by atoms with Crippen LogP contribution in [0.1, 0.15) is 10.5 Å². The number of piperazine rings is 1. The molecule has 0 saturated carbocycles. The van der Waals surface area contributed by atoms with Gasteiger partial charge in [-0.1, -0.05) is 47.5 Å². The Morgan fingerprint density at radius 1 is 0.844 bits per heavy atom. The molecule has 160 valence electrons. The summed E-state index contributed by atoms with van der Waals surface area (Å²) < 4.78 is 0. The molecule has 6 nitrogen and oxygen atoms in total. The van der Waals surface area contributed by atoms with Gasteiger partial charge in [-0.2, -0.15) is 0 Å². The Morgan fingerprint density at radius 2 is 1.66 bits per heavy atom. The van der Waals surface area contributed by atoms with Crippen LogP contribution in [-0.4, -0.2) is 52.2 Å². The molecule has 4 aromatic rings. The summed E-state index contributed by atoms with van der Waals surface area (Å²) in [6, 6.07) is 20.7. The summed E-state index contributed by atoms with van der Waals surface area (Å²) >= 11 is 12.2. The summed E-state index contributed by atoms with van der Waals surface area (Å²) in [6.45, 7) is 2.55. The van der Waals surface area contributed by atoms with Crippen molar-refractivity contribution in [2.75, 3.05) is 31.1 Å². The Morgan fingerprint density at radius 3 is 2.41 bits per heavy atom. The van der Waals surface area contributed by atoms with Gasteiger partial charge in [-0.15, -0.1) is 10.2 Å². The molecule has 1 fully saturated rings. The van der Waals surface area contributed by atoms with E-state index in [1.165, 1.54) is 0 Å². The van der Waals surface area contributed by atoms with E-state index in [9.17, 15) is 4.79 Å². The Hall–Kier alpha value is -3.22. The van der Waals surface area contributed by atoms with Gasteiger partial charge in [0.1, 0.15) is 5.69 Å². The monoisotopic (exact) mass is 463 g/mol. The first kappa shape index (κ1) is 20.7. The van der Waals surface area contributed by atoms with Crippen LogP contribution in [0.3, 0.4) is 0 Å². The maximum absolute atomic E-state index is 12.9. The molecule has 0 radical (unpaired) electrons. The van der Waals surface area contributed by atoms with Gasteiger partial charge in [-0.25, -0.2) is 4.98 Å². The molecule has 32 heavy (non-hydrogen) atoms. The van der Waals surface area contributed by atoms with Crippen molar-refractivity contribution < 1.29 is 4.79 Å². The average molecular weight is 464 g/mol. The minimum Gasteiger partial charge on any atom is -0.352 e. The zero-order valence-electron chi connectivity index (χ0n) is 17.1. The van der Waals surface area contributed by atoms with E-state index < -0.39 is 0 Å². The van der Waals surface area contributed by atoms with Gasteiger partial charge in [0, 0.05) is 42.2 Å². The number of hydrogen-bond donors (Lipinski definition) is 0. The Labute approximate surface area is 195 Å². The van der Waals surface area contributed by atoms with Crippen LogP contribution >= 0.6 is 23.2 Å². The minimum atomic E-state index is -0.0470. The van der Waals surface area contributed by atoms with Gasteiger partial charge in [0.05, 0.1) is 16.2 Å². The quantitative estimate of drug-likeness (QED) is 0.429. The van der Waals surface area contributed by atoms with E-state index in [0.29, 0.717) is 47.6 Å². The highest BCUT2D eigenvalue weighted by Gasteiger charge is 2.24. The number of benzene rings is 2. The maximum atomic E-state index is 12.9. The molecule has 0 aliphatic carbocycles. The van der Waals surface area contributed by atoms with Crippen molar-refractivity contribution in [1.82, 2.24) is 20.1 Å². The van der Waals surface area contributed by atoms with Gasteiger partial charge in [0.2, 0.25) is 0 Å². The van der Waals surface area contributed by atoms with E-state index in [4.69, 9.17) is 23.2 Å². The molecule has 1 aliphatic rings. The highest BCUT2D eigenvalue weighted by Crippen LogP contribution is 2.29. The molecule has 0 atom stereocenters. The van der Waals surface area contributed by atoms with Gasteiger partial charge in [-0.3, -0.25) is 4.79 Å². The predicted octanol–water partition coefficient (Wildman–Crippen LogP) is 4.96. The summed E-state index contributed by atoms with van der Waals surface area (Å²) in [6.07, 6.45) is 0. The lowest BCUT2D eigenvalue weighted by molar-refractivity contribution is 0.0741. The summed E-state index contributed by atoms with van der Waals surface area (Å²) in [4.78, 5) is 21.4. The molecule has 5 rings (SSSR count). The number of fused-ring (bicyclic) bond motifs is 1. The summed E-state index contributed by atoms with van der Waals surface area (Å²) in [7, 11) is 0. The number of rotatable bonds is 3. The predicted molar refractivity (Wildman–Crippen MR) is 127 cm³/mol. The van der Waals surface area contributed by atoms with E-state index in [0.717, 1.165) is 22.3 Å². The van der Waals surface area contributed by atoms with Crippen molar-refractivity contribution in [3.8, 4) is 11.3 Å². The SMILES string of the molecule is O=C(c1ccc2ccccc2n1)N1CCN(c2ccc(-c3ccc(Cl)cc3Cl)nn2)CC1. The van der Waals surface area contributed by atoms with Crippen LogP contribution in [0, 0.1) is 0 Å². The summed E-state index contributed by atoms with van der Waals surface area (Å²) in [5, 5.41) is 10.8. The number of hydrogen-bond acceptors (Lipinski definition) is 5. The first-order valence-corrected chi connectivity index (χ1v) is 11.0. The second-order valence-electron chi connectivity index (χ2n) is 7.57. The minimum absolute atomic E-state index is 0.0470. The van der Waals surface area contributed by atoms with E-state index in [1.54, 1.807) is 18.2 Å². The first-order valence-electron chi connectivity index (χ1n) is 10.3. The van der Waals surface area contributed by atoms with Gasteiger partial charge in [0.25, 0.3) is 5.91 Å². The molecule has 2 aromatic heterocycles. The molecule has 1 aliphatic heterocycles. The topological polar surface area (TPSA) is 62.2 Å². The lowest BCUT2D eigenvalue weighted by Gasteiger charge is -2.35. The second-order valence-corrected chi connectivity index (χ2v) is 8.41. The number of nitrogens with zero attached hydrogens (tertiary/aromatic N) is 5. The average Bonchev–Trinajstić information content (AvgIpc) is 2.84. The molecule has 1 saturated heterocycles. The fourth-order valence-corrected chi connectivity index (χ4v) is 4.33. The molecule has 8 heteroatoms. The molecule has 0 bridgehead atoms. The molecule has 1 amide bonds. The van der Waals surface area contributed by atoms with Crippen LogP contribution in [-0.2, 0) is 0 Å². The van der Waals surface area contributed by atoms with Crippen LogP contribution in [0.15, 0.2) is 66.7 Å². The van der Waals surface area contributed by atoms with Gasteiger partial charge >= 0.3 is 0 Å². The Bertz CT molecular complexity index is 1290. The summed E-state index contributed by atoms with van der Waals surface area (Å²) in [5.74, 6) is 0.726. The number of pyridine rings is 1. The largest absolute Gasteiger partial charge is 0.352 e. The zero-order chi connectivity index (χ0) is 22.1. The Kier molecular flexibility index (Phi) is 5.64. The molecule has 3 heterocycles. The highest BCUT2D eigenvalue weighted by molar-refractivity contribution is 6.36. The standard InChI is InChI=1S/C24H19Cl2N5O/c25-17-6-7-18(19(26)15-17)21-9-10-23(29-28-21)30-11-13-31(14-12-30)24(32)22-8-5-16-3-1-2-4-20(16)27-22/h1-10,15H,11-14H2. The van der Waals surface area contributed by atoms with Gasteiger partial charge < -0.3 is 9.80 Å². The van der Waals surface area contributed by atoms with Crippen molar-refractivity contribution in [1.29, 1.82) is 0 Å². The zero-order valence-corrected chi connectivity index (χ0v) is 18.6. The number of halogens is 2. The fourth-order valence-electron chi connectivity index (χ4n) is 3.82. The molecule has 0 spiro atoms. The van der Waals surface area contributed by atoms with E-state index in [2.05, 4.69) is 20.1 Å². The number of carbonyl (C=O) groups is 1. The number of carbonyl (C=O) groups excluding carboxylic acids is 1. The third-order valence-electron chi connectivity index (χ3n) is 5.57. The van der Waals surface area contributed by atoms with Gasteiger partial charge in [0.15, 0.2) is 5.82 Å². The molecule has 0 unspecified atom stereocenters. The van der Waals surface area contributed by atoms with Crippen molar-refractivity contribution >= 4 is 45.8 Å². The molecule has 2 aromatic carbocycles. The van der Waals surface area contributed by atoms with E-state index >= 15 is 0 Å². The third-order valence-corrected chi connectivity index (χ3v) is 6.11. The van der Waals surface area contributed by atoms with Crippen LogP contribution in [0.4, 0.5) is 5.82 Å².